The molecule has 1 saturated heterocycles. The first kappa shape index (κ1) is 12.1. The maximum atomic E-state index is 5.65. The molecule has 0 radical (unpaired) electrons. The van der Waals surface area contributed by atoms with Gasteiger partial charge in [0.2, 0.25) is 0 Å². The highest BCUT2D eigenvalue weighted by Crippen LogP contribution is 2.22. The summed E-state index contributed by atoms with van der Waals surface area (Å²) in [5, 5.41) is 0. The summed E-state index contributed by atoms with van der Waals surface area (Å²) in [6, 6.07) is 5.15. The minimum atomic E-state index is 0.681. The molecule has 0 saturated carbocycles. The maximum absolute atomic E-state index is 5.65. The Kier molecular flexibility index (Phi) is 4.38. The number of likely N-dealkylation sites (tertiary alicyclic amines) is 1. The number of rotatable bonds is 3. The van der Waals surface area contributed by atoms with Gasteiger partial charge in [0.25, 0.3) is 0 Å². The van der Waals surface area contributed by atoms with Crippen molar-refractivity contribution in [1.82, 2.24) is 4.90 Å². The van der Waals surface area contributed by atoms with Gasteiger partial charge < -0.3 is 5.73 Å². The van der Waals surface area contributed by atoms with Crippen LogP contribution in [0.4, 0.5) is 0 Å². The van der Waals surface area contributed by atoms with Gasteiger partial charge in [0.15, 0.2) is 0 Å². The average molecular weight is 238 g/mol. The standard InChI is InChI=1S/C13H22N2S/c1-11-5-3-2-4-8-15(11)10-13-7-6-12(9-14)16-13/h6-7,11H,2-5,8-10,14H2,1H3. The second-order valence-corrected chi connectivity index (χ2v) is 5.99. The molecular weight excluding hydrogens is 216 g/mol. The first-order valence-electron chi connectivity index (χ1n) is 6.31. The summed E-state index contributed by atoms with van der Waals surface area (Å²) in [6.45, 7) is 5.42. The summed E-state index contributed by atoms with van der Waals surface area (Å²) in [5.41, 5.74) is 5.65. The van der Waals surface area contributed by atoms with Crippen molar-refractivity contribution in [3.63, 3.8) is 0 Å². The molecule has 2 rings (SSSR count). The Morgan fingerprint density at radius 1 is 1.31 bits per heavy atom. The van der Waals surface area contributed by atoms with Crippen molar-refractivity contribution in [2.45, 2.75) is 51.7 Å². The van der Waals surface area contributed by atoms with Gasteiger partial charge >= 0.3 is 0 Å². The summed E-state index contributed by atoms with van der Waals surface area (Å²) in [4.78, 5) is 5.39. The van der Waals surface area contributed by atoms with Crippen molar-refractivity contribution in [3.8, 4) is 0 Å². The van der Waals surface area contributed by atoms with Gasteiger partial charge in [0, 0.05) is 28.9 Å². The van der Waals surface area contributed by atoms with E-state index < -0.39 is 0 Å². The lowest BCUT2D eigenvalue weighted by atomic mass is 10.1. The van der Waals surface area contributed by atoms with E-state index in [2.05, 4.69) is 24.0 Å². The summed E-state index contributed by atoms with van der Waals surface area (Å²) in [7, 11) is 0. The molecule has 1 fully saturated rings. The smallest absolute Gasteiger partial charge is 0.0330 e. The van der Waals surface area contributed by atoms with Gasteiger partial charge in [0.05, 0.1) is 0 Å². The lowest BCUT2D eigenvalue weighted by molar-refractivity contribution is 0.207. The van der Waals surface area contributed by atoms with Crippen molar-refractivity contribution in [3.05, 3.63) is 21.9 Å². The van der Waals surface area contributed by atoms with Crippen LogP contribution >= 0.6 is 11.3 Å². The fourth-order valence-corrected chi connectivity index (χ4v) is 3.31. The van der Waals surface area contributed by atoms with Crippen molar-refractivity contribution >= 4 is 11.3 Å². The van der Waals surface area contributed by atoms with E-state index in [-0.39, 0.29) is 0 Å². The Hall–Kier alpha value is -0.380. The molecule has 90 valence electrons. The highest BCUT2D eigenvalue weighted by molar-refractivity contribution is 7.11. The van der Waals surface area contributed by atoms with Crippen molar-refractivity contribution < 1.29 is 0 Å². The third-order valence-corrected chi connectivity index (χ3v) is 4.56. The molecule has 0 bridgehead atoms. The molecule has 0 spiro atoms. The van der Waals surface area contributed by atoms with Crippen LogP contribution in [0.15, 0.2) is 12.1 Å². The minimum absolute atomic E-state index is 0.681. The largest absolute Gasteiger partial charge is 0.326 e. The lowest BCUT2D eigenvalue weighted by Crippen LogP contribution is -2.31. The number of nitrogens with two attached hydrogens (primary N) is 1. The van der Waals surface area contributed by atoms with E-state index in [4.69, 9.17) is 5.73 Å². The monoisotopic (exact) mass is 238 g/mol. The molecule has 0 aromatic carbocycles. The SMILES string of the molecule is CC1CCCCCN1Cc1ccc(CN)s1. The zero-order chi connectivity index (χ0) is 11.4. The van der Waals surface area contributed by atoms with Crippen LogP contribution in [0.25, 0.3) is 0 Å². The van der Waals surface area contributed by atoms with Gasteiger partial charge in [0.1, 0.15) is 0 Å². The molecule has 1 unspecified atom stereocenters. The molecule has 1 aliphatic heterocycles. The van der Waals surface area contributed by atoms with Crippen LogP contribution in [0.1, 0.15) is 42.4 Å². The van der Waals surface area contributed by atoms with Crippen LogP contribution in [-0.2, 0) is 13.1 Å². The Bertz CT molecular complexity index is 321. The van der Waals surface area contributed by atoms with Crippen LogP contribution in [0.3, 0.4) is 0 Å². The first-order chi connectivity index (χ1) is 7.79. The number of hydrogen-bond donors (Lipinski definition) is 1. The van der Waals surface area contributed by atoms with Gasteiger partial charge in [-0.05, 0) is 38.4 Å². The normalized spacial score (nSPS) is 23.2. The van der Waals surface area contributed by atoms with E-state index in [0.29, 0.717) is 6.54 Å². The summed E-state index contributed by atoms with van der Waals surface area (Å²) in [6.07, 6.45) is 5.52. The molecule has 1 atom stereocenters. The highest BCUT2D eigenvalue weighted by atomic mass is 32.1. The fraction of sp³-hybridized carbons (Fsp3) is 0.692. The predicted molar refractivity (Wildman–Crippen MR) is 70.6 cm³/mol. The van der Waals surface area contributed by atoms with Crippen LogP contribution in [-0.4, -0.2) is 17.5 Å². The van der Waals surface area contributed by atoms with Crippen molar-refractivity contribution in [2.75, 3.05) is 6.54 Å². The molecule has 1 aromatic heterocycles. The van der Waals surface area contributed by atoms with E-state index >= 15 is 0 Å². The van der Waals surface area contributed by atoms with Gasteiger partial charge in [-0.15, -0.1) is 11.3 Å². The zero-order valence-electron chi connectivity index (χ0n) is 10.1. The molecule has 2 heterocycles. The Morgan fingerprint density at radius 2 is 2.12 bits per heavy atom. The molecule has 1 aliphatic rings. The van der Waals surface area contributed by atoms with Crippen LogP contribution < -0.4 is 5.73 Å². The van der Waals surface area contributed by atoms with E-state index in [1.54, 1.807) is 0 Å². The summed E-state index contributed by atoms with van der Waals surface area (Å²) < 4.78 is 0. The predicted octanol–water partition coefficient (Wildman–Crippen LogP) is 2.97. The molecule has 3 heteroatoms. The second-order valence-electron chi connectivity index (χ2n) is 4.74. The van der Waals surface area contributed by atoms with Gasteiger partial charge in [-0.2, -0.15) is 0 Å². The van der Waals surface area contributed by atoms with Gasteiger partial charge in [-0.1, -0.05) is 12.8 Å². The average Bonchev–Trinajstić information content (AvgIpc) is 2.65. The van der Waals surface area contributed by atoms with E-state index in [1.807, 2.05) is 11.3 Å². The topological polar surface area (TPSA) is 29.3 Å². The molecule has 2 N–H and O–H groups in total. The highest BCUT2D eigenvalue weighted by Gasteiger charge is 2.17. The molecule has 1 aromatic rings. The van der Waals surface area contributed by atoms with E-state index in [1.165, 1.54) is 42.0 Å². The molecule has 0 aliphatic carbocycles. The van der Waals surface area contributed by atoms with Gasteiger partial charge in [-0.25, -0.2) is 0 Å². The van der Waals surface area contributed by atoms with Crippen molar-refractivity contribution in [1.29, 1.82) is 0 Å². The number of hydrogen-bond acceptors (Lipinski definition) is 3. The minimum Gasteiger partial charge on any atom is -0.326 e. The van der Waals surface area contributed by atoms with E-state index in [9.17, 15) is 0 Å². The molecule has 2 nitrogen and oxygen atoms in total. The third kappa shape index (κ3) is 3.06. The van der Waals surface area contributed by atoms with Crippen molar-refractivity contribution in [2.24, 2.45) is 5.73 Å². The number of thiophene rings is 1. The fourth-order valence-electron chi connectivity index (χ4n) is 2.39. The van der Waals surface area contributed by atoms with Crippen LogP contribution in [0.5, 0.6) is 0 Å². The zero-order valence-corrected chi connectivity index (χ0v) is 10.9. The first-order valence-corrected chi connectivity index (χ1v) is 7.13. The molecular formula is C13H22N2S. The Balaban J connectivity index is 1.96. The second kappa shape index (κ2) is 5.80. The van der Waals surface area contributed by atoms with Crippen LogP contribution in [0, 0.1) is 0 Å². The molecule has 16 heavy (non-hydrogen) atoms. The number of nitrogens with zero attached hydrogens (tertiary/aromatic N) is 1. The Morgan fingerprint density at radius 3 is 2.88 bits per heavy atom. The molecule has 0 amide bonds. The van der Waals surface area contributed by atoms with Crippen LogP contribution in [0.2, 0.25) is 0 Å². The Labute approximate surface area is 102 Å². The summed E-state index contributed by atoms with van der Waals surface area (Å²) >= 11 is 1.87. The maximum Gasteiger partial charge on any atom is 0.0330 e. The van der Waals surface area contributed by atoms with E-state index in [0.717, 1.165) is 12.6 Å². The summed E-state index contributed by atoms with van der Waals surface area (Å²) in [5.74, 6) is 0. The quantitative estimate of drug-likeness (QED) is 0.877. The lowest BCUT2D eigenvalue weighted by Gasteiger charge is -2.26. The van der Waals surface area contributed by atoms with Gasteiger partial charge in [-0.3, -0.25) is 4.90 Å². The third-order valence-electron chi connectivity index (χ3n) is 3.47.